The van der Waals surface area contributed by atoms with Gasteiger partial charge in [-0.15, -0.1) is 0 Å². The largest absolute Gasteiger partial charge is 0.384 e. The van der Waals surface area contributed by atoms with E-state index in [1.54, 1.807) is 31.5 Å². The van der Waals surface area contributed by atoms with Gasteiger partial charge in [0.1, 0.15) is 5.82 Å². The second kappa shape index (κ2) is 7.69. The Morgan fingerprint density at radius 1 is 1.14 bits per heavy atom. The molecular formula is C20H18FN5O2. The van der Waals surface area contributed by atoms with Gasteiger partial charge >= 0.3 is 0 Å². The number of hydrogen-bond donors (Lipinski definition) is 1. The molecule has 0 fully saturated rings. The Kier molecular flexibility index (Phi) is 4.94. The van der Waals surface area contributed by atoms with Crippen LogP contribution in [0.25, 0.3) is 22.5 Å². The highest BCUT2D eigenvalue weighted by molar-refractivity contribution is 5.98. The summed E-state index contributed by atoms with van der Waals surface area (Å²) in [6.07, 6.45) is 2.13. The molecule has 142 valence electrons. The van der Waals surface area contributed by atoms with Crippen LogP contribution >= 0.6 is 0 Å². The number of nitrogens with zero attached hydrogens (tertiary/aromatic N) is 4. The SMILES string of the molecule is COCCc1noc(-c2cnc3nc(C)ccc3c2Nc2ccccc2F)n1. The topological polar surface area (TPSA) is 86.0 Å². The molecule has 3 aromatic heterocycles. The zero-order valence-electron chi connectivity index (χ0n) is 15.4. The van der Waals surface area contributed by atoms with Gasteiger partial charge in [-0.25, -0.2) is 14.4 Å². The molecule has 0 unspecified atom stereocenters. The van der Waals surface area contributed by atoms with Crippen molar-refractivity contribution in [3.05, 3.63) is 59.9 Å². The van der Waals surface area contributed by atoms with Crippen LogP contribution in [0.3, 0.4) is 0 Å². The molecule has 0 amide bonds. The van der Waals surface area contributed by atoms with Gasteiger partial charge in [0, 0.05) is 30.8 Å². The molecule has 0 aliphatic carbocycles. The molecule has 0 aliphatic heterocycles. The van der Waals surface area contributed by atoms with Crippen molar-refractivity contribution >= 4 is 22.4 Å². The summed E-state index contributed by atoms with van der Waals surface area (Å²) >= 11 is 0. The normalized spacial score (nSPS) is 11.1. The molecule has 0 spiro atoms. The van der Waals surface area contributed by atoms with E-state index in [1.165, 1.54) is 6.07 Å². The predicted octanol–water partition coefficient (Wildman–Crippen LogP) is 4.06. The predicted molar refractivity (Wildman–Crippen MR) is 103 cm³/mol. The first-order valence-corrected chi connectivity index (χ1v) is 8.75. The average molecular weight is 379 g/mol. The van der Waals surface area contributed by atoms with E-state index < -0.39 is 0 Å². The number of fused-ring (bicyclic) bond motifs is 1. The number of methoxy groups -OCH3 is 1. The Balaban J connectivity index is 1.84. The summed E-state index contributed by atoms with van der Waals surface area (Å²) in [6, 6.07) is 10.2. The minimum Gasteiger partial charge on any atom is -0.384 e. The Hall–Kier alpha value is -3.39. The van der Waals surface area contributed by atoms with Crippen LogP contribution in [0.15, 0.2) is 47.1 Å². The highest BCUT2D eigenvalue weighted by Gasteiger charge is 2.18. The maximum atomic E-state index is 14.3. The lowest BCUT2D eigenvalue weighted by Gasteiger charge is -2.13. The van der Waals surface area contributed by atoms with Crippen LogP contribution in [0.4, 0.5) is 15.8 Å². The molecule has 0 saturated carbocycles. The number of nitrogens with one attached hydrogen (secondary N) is 1. The number of aryl methyl sites for hydroxylation is 1. The number of aromatic nitrogens is 4. The van der Waals surface area contributed by atoms with Crippen molar-refractivity contribution in [2.45, 2.75) is 13.3 Å². The number of halogens is 1. The van der Waals surface area contributed by atoms with Crippen molar-refractivity contribution < 1.29 is 13.7 Å². The highest BCUT2D eigenvalue weighted by Crippen LogP contribution is 2.35. The molecule has 1 aromatic carbocycles. The quantitative estimate of drug-likeness (QED) is 0.541. The monoisotopic (exact) mass is 379 g/mol. The lowest BCUT2D eigenvalue weighted by Crippen LogP contribution is -2.00. The lowest BCUT2D eigenvalue weighted by molar-refractivity contribution is 0.199. The van der Waals surface area contributed by atoms with E-state index in [9.17, 15) is 4.39 Å². The van der Waals surface area contributed by atoms with Gasteiger partial charge in [0.05, 0.1) is 23.5 Å². The van der Waals surface area contributed by atoms with Crippen molar-refractivity contribution in [2.24, 2.45) is 0 Å². The van der Waals surface area contributed by atoms with Crippen LogP contribution in [-0.4, -0.2) is 33.8 Å². The molecule has 7 nitrogen and oxygen atoms in total. The number of para-hydroxylation sites is 1. The third-order valence-electron chi connectivity index (χ3n) is 4.23. The van der Waals surface area contributed by atoms with Crippen molar-refractivity contribution in [2.75, 3.05) is 19.0 Å². The molecule has 0 aliphatic rings. The third-order valence-corrected chi connectivity index (χ3v) is 4.23. The van der Waals surface area contributed by atoms with Crippen LogP contribution in [0.5, 0.6) is 0 Å². The van der Waals surface area contributed by atoms with Crippen LogP contribution < -0.4 is 5.32 Å². The number of anilines is 2. The molecule has 4 aromatic rings. The van der Waals surface area contributed by atoms with E-state index in [0.29, 0.717) is 47.3 Å². The molecule has 4 rings (SSSR count). The van der Waals surface area contributed by atoms with E-state index in [2.05, 4.69) is 25.4 Å². The minimum absolute atomic E-state index is 0.292. The summed E-state index contributed by atoms with van der Waals surface area (Å²) in [5, 5.41) is 7.85. The summed E-state index contributed by atoms with van der Waals surface area (Å²) in [5.74, 6) is 0.445. The summed E-state index contributed by atoms with van der Waals surface area (Å²) in [4.78, 5) is 13.3. The summed E-state index contributed by atoms with van der Waals surface area (Å²) in [5.41, 5.74) is 2.88. The maximum absolute atomic E-state index is 14.3. The van der Waals surface area contributed by atoms with E-state index in [0.717, 1.165) is 11.1 Å². The van der Waals surface area contributed by atoms with E-state index in [1.807, 2.05) is 19.1 Å². The molecule has 1 N–H and O–H groups in total. The summed E-state index contributed by atoms with van der Waals surface area (Å²) in [7, 11) is 1.61. The highest BCUT2D eigenvalue weighted by atomic mass is 19.1. The van der Waals surface area contributed by atoms with E-state index >= 15 is 0 Å². The van der Waals surface area contributed by atoms with Gasteiger partial charge in [0.15, 0.2) is 11.5 Å². The zero-order valence-corrected chi connectivity index (χ0v) is 15.4. The molecule has 0 bridgehead atoms. The summed E-state index contributed by atoms with van der Waals surface area (Å²) < 4.78 is 24.7. The first-order chi connectivity index (χ1) is 13.7. The van der Waals surface area contributed by atoms with Gasteiger partial charge in [-0.2, -0.15) is 4.98 Å². The molecule has 8 heteroatoms. The molecule has 3 heterocycles. The fraction of sp³-hybridized carbons (Fsp3) is 0.200. The van der Waals surface area contributed by atoms with Gasteiger partial charge in [-0.05, 0) is 31.2 Å². The van der Waals surface area contributed by atoms with Crippen molar-refractivity contribution in [3.8, 4) is 11.5 Å². The van der Waals surface area contributed by atoms with Crippen LogP contribution in [0, 0.1) is 12.7 Å². The molecular weight excluding hydrogens is 361 g/mol. The average Bonchev–Trinajstić information content (AvgIpc) is 3.16. The number of hydrogen-bond acceptors (Lipinski definition) is 7. The molecule has 0 atom stereocenters. The first-order valence-electron chi connectivity index (χ1n) is 8.75. The van der Waals surface area contributed by atoms with Gasteiger partial charge in [-0.1, -0.05) is 17.3 Å². The Labute approximate surface area is 160 Å². The molecule has 0 saturated heterocycles. The second-order valence-corrected chi connectivity index (χ2v) is 6.23. The van der Waals surface area contributed by atoms with Gasteiger partial charge < -0.3 is 14.6 Å². The van der Waals surface area contributed by atoms with Crippen molar-refractivity contribution in [3.63, 3.8) is 0 Å². The Morgan fingerprint density at radius 3 is 2.82 bits per heavy atom. The first kappa shape index (κ1) is 18.0. The van der Waals surface area contributed by atoms with Crippen molar-refractivity contribution in [1.29, 1.82) is 0 Å². The number of ether oxygens (including phenoxy) is 1. The fourth-order valence-corrected chi connectivity index (χ4v) is 2.82. The number of pyridine rings is 2. The Morgan fingerprint density at radius 2 is 2.00 bits per heavy atom. The zero-order chi connectivity index (χ0) is 19.5. The van der Waals surface area contributed by atoms with Gasteiger partial charge in [0.25, 0.3) is 5.89 Å². The lowest BCUT2D eigenvalue weighted by atomic mass is 10.1. The third kappa shape index (κ3) is 3.54. The van der Waals surface area contributed by atoms with Crippen molar-refractivity contribution in [1.82, 2.24) is 20.1 Å². The smallest absolute Gasteiger partial charge is 0.261 e. The van der Waals surface area contributed by atoms with Gasteiger partial charge in [0.2, 0.25) is 0 Å². The summed E-state index contributed by atoms with van der Waals surface area (Å²) in [6.45, 7) is 2.37. The molecule has 28 heavy (non-hydrogen) atoms. The van der Waals surface area contributed by atoms with E-state index in [4.69, 9.17) is 9.26 Å². The maximum Gasteiger partial charge on any atom is 0.261 e. The van der Waals surface area contributed by atoms with Crippen LogP contribution in [0.1, 0.15) is 11.5 Å². The minimum atomic E-state index is -0.371. The standard InChI is InChI=1S/C20H18FN5O2/c1-12-7-8-13-18(24-16-6-4-3-5-15(16)21)14(11-22-19(13)23-12)20-25-17(26-28-20)9-10-27-2/h3-8,11H,9-10H2,1-2H3,(H,22,23,24). The Bertz CT molecular complexity index is 1130. The van der Waals surface area contributed by atoms with Crippen LogP contribution in [-0.2, 0) is 11.2 Å². The van der Waals surface area contributed by atoms with E-state index in [-0.39, 0.29) is 5.82 Å². The second-order valence-electron chi connectivity index (χ2n) is 6.23. The van der Waals surface area contributed by atoms with Crippen LogP contribution in [0.2, 0.25) is 0 Å². The fourth-order valence-electron chi connectivity index (χ4n) is 2.82. The van der Waals surface area contributed by atoms with Gasteiger partial charge in [-0.3, -0.25) is 0 Å². The number of benzene rings is 1. The number of rotatable bonds is 6. The molecule has 0 radical (unpaired) electrons.